The van der Waals surface area contributed by atoms with E-state index in [1.807, 2.05) is 42.5 Å². The molecule has 1 heterocycles. The summed E-state index contributed by atoms with van der Waals surface area (Å²) in [5.41, 5.74) is 5.89. The highest BCUT2D eigenvalue weighted by Gasteiger charge is 2.16. The molecule has 0 aliphatic rings. The van der Waals surface area contributed by atoms with Gasteiger partial charge in [0.15, 0.2) is 0 Å². The van der Waals surface area contributed by atoms with Gasteiger partial charge in [0.25, 0.3) is 0 Å². The molecule has 2 aromatic carbocycles. The number of methoxy groups -OCH3 is 1. The van der Waals surface area contributed by atoms with E-state index < -0.39 is 0 Å². The van der Waals surface area contributed by atoms with Crippen LogP contribution in [-0.4, -0.2) is 17.2 Å². The second-order valence-corrected chi connectivity index (χ2v) is 6.33. The van der Waals surface area contributed by atoms with Gasteiger partial charge in [-0.1, -0.05) is 56.3 Å². The number of rotatable bonds is 5. The summed E-state index contributed by atoms with van der Waals surface area (Å²) < 4.78 is 5.25. The Labute approximate surface area is 148 Å². The molecule has 3 nitrogen and oxygen atoms in total. The van der Waals surface area contributed by atoms with Gasteiger partial charge in [-0.2, -0.15) is 0 Å². The molecule has 0 saturated carbocycles. The van der Waals surface area contributed by atoms with E-state index in [2.05, 4.69) is 32.0 Å². The summed E-state index contributed by atoms with van der Waals surface area (Å²) in [5, 5.41) is 10.0. The Morgan fingerprint density at radius 1 is 0.960 bits per heavy atom. The van der Waals surface area contributed by atoms with E-state index in [1.165, 1.54) is 0 Å². The summed E-state index contributed by atoms with van der Waals surface area (Å²) in [6, 6.07) is 20.1. The predicted octanol–water partition coefficient (Wildman–Crippen LogP) is 5.04. The van der Waals surface area contributed by atoms with Gasteiger partial charge in [-0.3, -0.25) is 4.98 Å². The molecule has 3 aromatic rings. The fraction of sp³-hybridized carbons (Fsp3) is 0.227. The molecule has 0 aliphatic heterocycles. The van der Waals surface area contributed by atoms with Crippen LogP contribution in [0.3, 0.4) is 0 Å². The van der Waals surface area contributed by atoms with Gasteiger partial charge in [0.2, 0.25) is 0 Å². The van der Waals surface area contributed by atoms with Crippen LogP contribution in [0.1, 0.15) is 31.0 Å². The number of hydrogen-bond donors (Lipinski definition) is 1. The van der Waals surface area contributed by atoms with Crippen LogP contribution >= 0.6 is 0 Å². The van der Waals surface area contributed by atoms with E-state index in [-0.39, 0.29) is 12.5 Å². The quantitative estimate of drug-likeness (QED) is 0.711. The van der Waals surface area contributed by atoms with Gasteiger partial charge in [-0.05, 0) is 35.2 Å². The fourth-order valence-electron chi connectivity index (χ4n) is 3.02. The van der Waals surface area contributed by atoms with E-state index in [0.717, 1.165) is 39.4 Å². The van der Waals surface area contributed by atoms with E-state index >= 15 is 0 Å². The van der Waals surface area contributed by atoms with Crippen LogP contribution in [0.25, 0.3) is 22.4 Å². The zero-order chi connectivity index (χ0) is 17.8. The Hall–Kier alpha value is -2.65. The third-order valence-corrected chi connectivity index (χ3v) is 4.33. The number of aromatic nitrogens is 1. The molecule has 1 N–H and O–H groups in total. The Morgan fingerprint density at radius 2 is 1.64 bits per heavy atom. The molecule has 0 unspecified atom stereocenters. The molecule has 25 heavy (non-hydrogen) atoms. The third kappa shape index (κ3) is 3.57. The van der Waals surface area contributed by atoms with Crippen molar-refractivity contribution >= 4 is 0 Å². The molecule has 1 aromatic heterocycles. The van der Waals surface area contributed by atoms with Crippen molar-refractivity contribution in [3.8, 4) is 28.1 Å². The molecule has 0 saturated heterocycles. The van der Waals surface area contributed by atoms with Crippen molar-refractivity contribution in [3.05, 3.63) is 71.9 Å². The zero-order valence-electron chi connectivity index (χ0n) is 14.9. The van der Waals surface area contributed by atoms with Crippen molar-refractivity contribution in [1.82, 2.24) is 4.98 Å². The molecule has 0 radical (unpaired) electrons. The minimum atomic E-state index is -0.0308. The molecule has 0 amide bonds. The Bertz CT molecular complexity index is 840. The first-order valence-corrected chi connectivity index (χ1v) is 8.48. The number of benzene rings is 2. The minimum Gasteiger partial charge on any atom is -0.497 e. The van der Waals surface area contributed by atoms with Gasteiger partial charge in [-0.25, -0.2) is 0 Å². The number of pyridine rings is 1. The molecule has 0 spiro atoms. The van der Waals surface area contributed by atoms with Crippen molar-refractivity contribution in [2.24, 2.45) is 0 Å². The van der Waals surface area contributed by atoms with Crippen molar-refractivity contribution in [1.29, 1.82) is 0 Å². The van der Waals surface area contributed by atoms with Crippen LogP contribution in [0, 0.1) is 0 Å². The minimum absolute atomic E-state index is 0.0308. The zero-order valence-corrected chi connectivity index (χ0v) is 14.9. The highest BCUT2D eigenvalue weighted by atomic mass is 16.5. The van der Waals surface area contributed by atoms with Gasteiger partial charge in [-0.15, -0.1) is 0 Å². The average molecular weight is 333 g/mol. The second kappa shape index (κ2) is 7.49. The highest BCUT2D eigenvalue weighted by Crippen LogP contribution is 2.34. The first-order valence-electron chi connectivity index (χ1n) is 8.48. The van der Waals surface area contributed by atoms with Gasteiger partial charge in [0, 0.05) is 16.8 Å². The molecule has 3 rings (SSSR count). The molecule has 0 bridgehead atoms. The molecule has 0 fully saturated rings. The third-order valence-electron chi connectivity index (χ3n) is 4.33. The Morgan fingerprint density at radius 3 is 2.20 bits per heavy atom. The summed E-state index contributed by atoms with van der Waals surface area (Å²) in [5.74, 6) is 1.04. The van der Waals surface area contributed by atoms with Crippen LogP contribution in [0.4, 0.5) is 0 Å². The maximum atomic E-state index is 10.0. The summed E-state index contributed by atoms with van der Waals surface area (Å²) in [6.45, 7) is 4.18. The van der Waals surface area contributed by atoms with Crippen molar-refractivity contribution in [2.75, 3.05) is 7.11 Å². The van der Waals surface area contributed by atoms with Crippen LogP contribution in [0.2, 0.25) is 0 Å². The van der Waals surface area contributed by atoms with E-state index in [1.54, 1.807) is 7.11 Å². The molecule has 0 atom stereocenters. The van der Waals surface area contributed by atoms with Gasteiger partial charge in [0.1, 0.15) is 5.75 Å². The number of aliphatic hydroxyl groups is 1. The summed E-state index contributed by atoms with van der Waals surface area (Å²) >= 11 is 0. The maximum absolute atomic E-state index is 10.0. The topological polar surface area (TPSA) is 42.4 Å². The Kier molecular flexibility index (Phi) is 5.15. The largest absolute Gasteiger partial charge is 0.497 e. The molecular weight excluding hydrogens is 310 g/mol. The lowest BCUT2D eigenvalue weighted by molar-refractivity contribution is 0.280. The summed E-state index contributed by atoms with van der Waals surface area (Å²) in [6.07, 6.45) is 0. The number of aliphatic hydroxyl groups excluding tert-OH is 1. The van der Waals surface area contributed by atoms with Crippen LogP contribution < -0.4 is 4.74 Å². The monoisotopic (exact) mass is 333 g/mol. The van der Waals surface area contributed by atoms with Crippen molar-refractivity contribution in [3.63, 3.8) is 0 Å². The van der Waals surface area contributed by atoms with Crippen molar-refractivity contribution in [2.45, 2.75) is 26.4 Å². The number of ether oxygens (including phenoxy) is 1. The number of hydrogen-bond acceptors (Lipinski definition) is 3. The molecule has 128 valence electrons. The van der Waals surface area contributed by atoms with Gasteiger partial charge >= 0.3 is 0 Å². The maximum Gasteiger partial charge on any atom is 0.118 e. The highest BCUT2D eigenvalue weighted by molar-refractivity contribution is 5.74. The fourth-order valence-corrected chi connectivity index (χ4v) is 3.02. The predicted molar refractivity (Wildman–Crippen MR) is 102 cm³/mol. The molecule has 3 heteroatoms. The Balaban J connectivity index is 2.22. The lowest BCUT2D eigenvalue weighted by Crippen LogP contribution is -2.04. The van der Waals surface area contributed by atoms with Crippen LogP contribution in [-0.2, 0) is 6.61 Å². The summed E-state index contributed by atoms with van der Waals surface area (Å²) in [7, 11) is 1.66. The van der Waals surface area contributed by atoms with Crippen molar-refractivity contribution < 1.29 is 9.84 Å². The van der Waals surface area contributed by atoms with Crippen LogP contribution in [0.5, 0.6) is 5.75 Å². The SMILES string of the molecule is COc1ccc(-c2cc(-c3ccccc3)nc(C(C)C)c2CO)cc1. The average Bonchev–Trinajstić information content (AvgIpc) is 2.67. The first kappa shape index (κ1) is 17.2. The van der Waals surface area contributed by atoms with E-state index in [9.17, 15) is 5.11 Å². The summed E-state index contributed by atoms with van der Waals surface area (Å²) in [4.78, 5) is 4.85. The van der Waals surface area contributed by atoms with Gasteiger partial charge in [0.05, 0.1) is 19.4 Å². The normalized spacial score (nSPS) is 10.9. The standard InChI is InChI=1S/C22H23NO2/c1-15(2)22-20(14-24)19(16-9-11-18(25-3)12-10-16)13-21(23-22)17-7-5-4-6-8-17/h4-13,15,24H,14H2,1-3H3. The lowest BCUT2D eigenvalue weighted by atomic mass is 9.93. The second-order valence-electron chi connectivity index (χ2n) is 6.33. The first-order chi connectivity index (χ1) is 12.1. The molecule has 0 aliphatic carbocycles. The van der Waals surface area contributed by atoms with E-state index in [4.69, 9.17) is 9.72 Å². The van der Waals surface area contributed by atoms with Gasteiger partial charge < -0.3 is 9.84 Å². The smallest absolute Gasteiger partial charge is 0.118 e. The van der Waals surface area contributed by atoms with E-state index in [0.29, 0.717) is 0 Å². The van der Waals surface area contributed by atoms with Crippen LogP contribution in [0.15, 0.2) is 60.7 Å². The molecular formula is C22H23NO2. The number of nitrogens with zero attached hydrogens (tertiary/aromatic N) is 1. The lowest BCUT2D eigenvalue weighted by Gasteiger charge is -2.18.